The first-order valence-electron chi connectivity index (χ1n) is 10.8. The average molecular weight is 433 g/mol. The van der Waals surface area contributed by atoms with Crippen molar-refractivity contribution in [1.29, 1.82) is 0 Å². The number of aromatic nitrogens is 5. The van der Waals surface area contributed by atoms with Crippen LogP contribution in [0.3, 0.4) is 0 Å². The molecular weight excluding hydrogens is 404 g/mol. The minimum atomic E-state index is -0.0316. The first kappa shape index (κ1) is 21.5. The van der Waals surface area contributed by atoms with Crippen LogP contribution in [0.2, 0.25) is 0 Å². The highest BCUT2D eigenvalue weighted by Crippen LogP contribution is 2.34. The van der Waals surface area contributed by atoms with Gasteiger partial charge in [0.1, 0.15) is 11.0 Å². The predicted octanol–water partition coefficient (Wildman–Crippen LogP) is 4.09. The minimum absolute atomic E-state index is 0.0316. The van der Waals surface area contributed by atoms with Crippen LogP contribution >= 0.6 is 0 Å². The van der Waals surface area contributed by atoms with Gasteiger partial charge in [-0.1, -0.05) is 6.07 Å². The zero-order valence-electron chi connectivity index (χ0n) is 19.1. The molecule has 8 heteroatoms. The van der Waals surface area contributed by atoms with Crippen LogP contribution < -0.4 is 15.6 Å². The summed E-state index contributed by atoms with van der Waals surface area (Å²) < 4.78 is 9.32. The second-order valence-corrected chi connectivity index (χ2v) is 8.01. The zero-order valence-corrected chi connectivity index (χ0v) is 19.1. The number of aryl methyl sites for hydroxylation is 2. The van der Waals surface area contributed by atoms with Crippen molar-refractivity contribution in [2.45, 2.75) is 40.3 Å². The number of nitrogens with one attached hydrogen (secondary N) is 1. The van der Waals surface area contributed by atoms with E-state index in [4.69, 9.17) is 14.8 Å². The number of hydrogen-bond donors (Lipinski definition) is 1. The van der Waals surface area contributed by atoms with Crippen molar-refractivity contribution in [3.8, 4) is 17.1 Å². The van der Waals surface area contributed by atoms with Gasteiger partial charge >= 0.3 is 0 Å². The highest BCUT2D eigenvalue weighted by molar-refractivity contribution is 5.93. The lowest BCUT2D eigenvalue weighted by Gasteiger charge is -2.15. The maximum absolute atomic E-state index is 11.7. The molecule has 4 aromatic rings. The van der Waals surface area contributed by atoms with E-state index >= 15 is 0 Å². The topological polar surface area (TPSA) is 86.9 Å². The van der Waals surface area contributed by atoms with E-state index in [0.717, 1.165) is 39.2 Å². The molecule has 4 rings (SSSR count). The van der Waals surface area contributed by atoms with Gasteiger partial charge in [0.05, 0.1) is 29.2 Å². The number of fused-ring (bicyclic) bond motifs is 1. The third-order valence-corrected chi connectivity index (χ3v) is 5.27. The normalized spacial score (nSPS) is 11.3. The molecular formula is C24H28N6O2. The fourth-order valence-electron chi connectivity index (χ4n) is 3.72. The minimum Gasteiger partial charge on any atom is -0.477 e. The van der Waals surface area contributed by atoms with Gasteiger partial charge in [-0.25, -0.2) is 9.97 Å². The summed E-state index contributed by atoms with van der Waals surface area (Å²) in [6.45, 7) is 9.19. The summed E-state index contributed by atoms with van der Waals surface area (Å²) in [7, 11) is 1.75. The molecule has 0 aliphatic rings. The third-order valence-electron chi connectivity index (χ3n) is 5.27. The monoisotopic (exact) mass is 432 g/mol. The highest BCUT2D eigenvalue weighted by Gasteiger charge is 2.19. The van der Waals surface area contributed by atoms with E-state index < -0.39 is 0 Å². The van der Waals surface area contributed by atoms with E-state index in [9.17, 15) is 4.79 Å². The van der Waals surface area contributed by atoms with E-state index in [1.807, 2.05) is 49.0 Å². The second-order valence-electron chi connectivity index (χ2n) is 8.01. The first-order chi connectivity index (χ1) is 15.4. The van der Waals surface area contributed by atoms with Crippen LogP contribution in [0.15, 0.2) is 47.5 Å². The smallest absolute Gasteiger partial charge is 0.250 e. The van der Waals surface area contributed by atoms with Gasteiger partial charge in [-0.3, -0.25) is 9.48 Å². The second kappa shape index (κ2) is 8.82. The molecule has 32 heavy (non-hydrogen) atoms. The molecule has 0 saturated heterocycles. The Morgan fingerprint density at radius 1 is 1.22 bits per heavy atom. The molecule has 0 aliphatic carbocycles. The molecule has 0 radical (unpaired) electrons. The van der Waals surface area contributed by atoms with E-state index in [2.05, 4.69) is 24.1 Å². The summed E-state index contributed by atoms with van der Waals surface area (Å²) in [6, 6.07) is 9.46. The molecule has 0 atom stereocenters. The van der Waals surface area contributed by atoms with Crippen LogP contribution in [-0.2, 0) is 13.6 Å². The predicted molar refractivity (Wildman–Crippen MR) is 126 cm³/mol. The lowest BCUT2D eigenvalue weighted by Crippen LogP contribution is -2.16. The summed E-state index contributed by atoms with van der Waals surface area (Å²) in [5.41, 5.74) is 6.14. The number of hydrogen-bond acceptors (Lipinski definition) is 6. The van der Waals surface area contributed by atoms with Crippen LogP contribution in [0.1, 0.15) is 38.1 Å². The van der Waals surface area contributed by atoms with Gasteiger partial charge in [-0.15, -0.1) is 0 Å². The van der Waals surface area contributed by atoms with Gasteiger partial charge in [0, 0.05) is 38.1 Å². The molecule has 166 valence electrons. The van der Waals surface area contributed by atoms with Gasteiger partial charge in [0.2, 0.25) is 11.4 Å². The van der Waals surface area contributed by atoms with E-state index in [-0.39, 0.29) is 11.6 Å². The molecule has 0 aromatic carbocycles. The summed E-state index contributed by atoms with van der Waals surface area (Å²) in [5, 5.41) is 8.29. The Kier molecular flexibility index (Phi) is 5.94. The Morgan fingerprint density at radius 3 is 2.75 bits per heavy atom. The largest absolute Gasteiger partial charge is 0.477 e. The first-order valence-corrected chi connectivity index (χ1v) is 10.8. The lowest BCUT2D eigenvalue weighted by atomic mass is 10.1. The molecule has 0 unspecified atom stereocenters. The van der Waals surface area contributed by atoms with E-state index in [1.54, 1.807) is 23.9 Å². The van der Waals surface area contributed by atoms with Crippen molar-refractivity contribution in [1.82, 2.24) is 24.3 Å². The summed E-state index contributed by atoms with van der Waals surface area (Å²) in [5.74, 6) is 0.555. The van der Waals surface area contributed by atoms with Gasteiger partial charge in [0.15, 0.2) is 0 Å². The molecule has 0 amide bonds. The number of anilines is 1. The SMILES string of the molecule is CCOc1ncccc1-c1cc(NCc2ccc(=O)n(C)c2)c2c(n1)c(C)nn2C(C)C. The quantitative estimate of drug-likeness (QED) is 0.473. The molecule has 0 spiro atoms. The summed E-state index contributed by atoms with van der Waals surface area (Å²) in [4.78, 5) is 21.1. The van der Waals surface area contributed by atoms with Gasteiger partial charge in [0.25, 0.3) is 0 Å². The van der Waals surface area contributed by atoms with Crippen LogP contribution in [0.5, 0.6) is 5.88 Å². The highest BCUT2D eigenvalue weighted by atomic mass is 16.5. The van der Waals surface area contributed by atoms with Crippen LogP contribution in [0.4, 0.5) is 5.69 Å². The molecule has 0 bridgehead atoms. The third kappa shape index (κ3) is 4.08. The van der Waals surface area contributed by atoms with Gasteiger partial charge in [-0.05, 0) is 51.5 Å². The van der Waals surface area contributed by atoms with Crippen molar-refractivity contribution < 1.29 is 4.74 Å². The Labute approximate surface area is 186 Å². The van der Waals surface area contributed by atoms with Crippen molar-refractivity contribution in [2.75, 3.05) is 11.9 Å². The zero-order chi connectivity index (χ0) is 22.8. The van der Waals surface area contributed by atoms with E-state index in [0.29, 0.717) is 19.0 Å². The maximum Gasteiger partial charge on any atom is 0.250 e. The molecule has 0 aliphatic heterocycles. The van der Waals surface area contributed by atoms with Crippen LogP contribution in [0.25, 0.3) is 22.3 Å². The summed E-state index contributed by atoms with van der Waals surface area (Å²) >= 11 is 0. The molecule has 4 aromatic heterocycles. The number of nitrogens with zero attached hydrogens (tertiary/aromatic N) is 5. The molecule has 0 fully saturated rings. The lowest BCUT2D eigenvalue weighted by molar-refractivity contribution is 0.328. The fraction of sp³-hybridized carbons (Fsp3) is 0.333. The standard InChI is InChI=1S/C24H28N6O2/c1-6-32-24-18(8-7-11-25-24)19-12-20(26-13-17-9-10-21(31)29(5)14-17)23-22(27-19)16(4)28-30(23)15(2)3/h7-12,14-15H,6,13H2,1-5H3,(H,26,27). The summed E-state index contributed by atoms with van der Waals surface area (Å²) in [6.07, 6.45) is 3.56. The Balaban J connectivity index is 1.85. The number of rotatable bonds is 7. The van der Waals surface area contributed by atoms with Crippen molar-refractivity contribution in [3.05, 3.63) is 64.3 Å². The molecule has 4 heterocycles. The molecule has 0 saturated carbocycles. The van der Waals surface area contributed by atoms with Gasteiger partial charge < -0.3 is 14.6 Å². The van der Waals surface area contributed by atoms with Crippen molar-refractivity contribution >= 4 is 16.7 Å². The Bertz CT molecular complexity index is 1320. The van der Waals surface area contributed by atoms with Crippen molar-refractivity contribution in [2.24, 2.45) is 7.05 Å². The van der Waals surface area contributed by atoms with Crippen LogP contribution in [-0.4, -0.2) is 30.9 Å². The van der Waals surface area contributed by atoms with Crippen molar-refractivity contribution in [3.63, 3.8) is 0 Å². The number of pyridine rings is 3. The Morgan fingerprint density at radius 2 is 2.03 bits per heavy atom. The Hall–Kier alpha value is -3.68. The molecule has 8 nitrogen and oxygen atoms in total. The fourth-order valence-corrected chi connectivity index (χ4v) is 3.72. The maximum atomic E-state index is 11.7. The van der Waals surface area contributed by atoms with E-state index in [1.165, 1.54) is 0 Å². The number of ether oxygens (including phenoxy) is 1. The van der Waals surface area contributed by atoms with Gasteiger partial charge in [-0.2, -0.15) is 5.10 Å². The average Bonchev–Trinajstić information content (AvgIpc) is 3.12. The molecule has 1 N–H and O–H groups in total. The van der Waals surface area contributed by atoms with Crippen LogP contribution in [0, 0.1) is 6.92 Å².